The highest BCUT2D eigenvalue weighted by Crippen LogP contribution is 2.24. The molecule has 0 saturated heterocycles. The third kappa shape index (κ3) is 3.65. The van der Waals surface area contributed by atoms with E-state index in [9.17, 15) is 17.6 Å². The molecule has 26 heavy (non-hydrogen) atoms. The van der Waals surface area contributed by atoms with Crippen LogP contribution in [0.25, 0.3) is 0 Å². The number of anilines is 1. The number of carbonyl (C=O) groups is 1. The Morgan fingerprint density at radius 3 is 2.08 bits per heavy atom. The summed E-state index contributed by atoms with van der Waals surface area (Å²) in [6.07, 6.45) is 0. The van der Waals surface area contributed by atoms with Crippen LogP contribution in [0.1, 0.15) is 21.5 Å². The largest absolute Gasteiger partial charge is 0.288 e. The molecule has 1 N–H and O–H groups in total. The molecule has 0 spiro atoms. The lowest BCUT2D eigenvalue weighted by Gasteiger charge is -2.12. The molecule has 3 aromatic carbocycles. The first-order chi connectivity index (χ1) is 12.4. The number of ketones is 1. The van der Waals surface area contributed by atoms with Crippen LogP contribution < -0.4 is 4.72 Å². The molecular formula is C20H16FNO3S. The van der Waals surface area contributed by atoms with Crippen molar-refractivity contribution in [2.75, 3.05) is 4.72 Å². The van der Waals surface area contributed by atoms with Gasteiger partial charge in [0.05, 0.1) is 16.1 Å². The first kappa shape index (κ1) is 17.8. The highest BCUT2D eigenvalue weighted by atomic mass is 32.2. The lowest BCUT2D eigenvalue weighted by molar-refractivity contribution is 0.103. The van der Waals surface area contributed by atoms with Crippen LogP contribution in [-0.2, 0) is 10.0 Å². The molecule has 0 heterocycles. The van der Waals surface area contributed by atoms with Crippen molar-refractivity contribution in [2.45, 2.75) is 11.8 Å². The van der Waals surface area contributed by atoms with Gasteiger partial charge in [-0.2, -0.15) is 0 Å². The van der Waals surface area contributed by atoms with Crippen molar-refractivity contribution in [1.29, 1.82) is 0 Å². The summed E-state index contributed by atoms with van der Waals surface area (Å²) in [6, 6.07) is 18.1. The minimum Gasteiger partial charge on any atom is -0.288 e. The molecule has 0 amide bonds. The Hall–Kier alpha value is -2.99. The zero-order chi connectivity index (χ0) is 18.7. The van der Waals surface area contributed by atoms with Gasteiger partial charge in [-0.05, 0) is 43.3 Å². The number of benzene rings is 3. The molecule has 3 rings (SSSR count). The van der Waals surface area contributed by atoms with Gasteiger partial charge >= 0.3 is 0 Å². The summed E-state index contributed by atoms with van der Waals surface area (Å²) in [5, 5.41) is 0. The van der Waals surface area contributed by atoms with Crippen LogP contribution in [0.5, 0.6) is 0 Å². The van der Waals surface area contributed by atoms with Crippen LogP contribution in [0, 0.1) is 12.7 Å². The highest BCUT2D eigenvalue weighted by Gasteiger charge is 2.20. The molecule has 132 valence electrons. The zero-order valence-corrected chi connectivity index (χ0v) is 14.8. The lowest BCUT2D eigenvalue weighted by atomic mass is 10.0. The van der Waals surface area contributed by atoms with Crippen LogP contribution in [0.2, 0.25) is 0 Å². The molecule has 0 unspecified atom stereocenters. The fourth-order valence-corrected chi connectivity index (χ4v) is 3.56. The maximum absolute atomic E-state index is 13.9. The second kappa shape index (κ2) is 7.09. The third-order valence-corrected chi connectivity index (χ3v) is 5.25. The van der Waals surface area contributed by atoms with E-state index in [-0.39, 0.29) is 21.7 Å². The molecule has 0 aliphatic carbocycles. The number of carbonyl (C=O) groups excluding carboxylic acids is 1. The standard InChI is InChI=1S/C20H16FNO3S/c1-14-10-12-15(13-11-14)26(24,25)22-19-9-5-3-7-17(19)20(23)16-6-2-4-8-18(16)21/h2-13,22H,1H3. The predicted molar refractivity (Wildman–Crippen MR) is 98.3 cm³/mol. The van der Waals surface area contributed by atoms with E-state index in [0.29, 0.717) is 0 Å². The predicted octanol–water partition coefficient (Wildman–Crippen LogP) is 4.17. The number of aryl methyl sites for hydroxylation is 1. The van der Waals surface area contributed by atoms with Gasteiger partial charge in [-0.15, -0.1) is 0 Å². The Morgan fingerprint density at radius 1 is 0.846 bits per heavy atom. The van der Waals surface area contributed by atoms with E-state index >= 15 is 0 Å². The van der Waals surface area contributed by atoms with Crippen LogP contribution in [0.4, 0.5) is 10.1 Å². The van der Waals surface area contributed by atoms with Crippen LogP contribution in [0.3, 0.4) is 0 Å². The van der Waals surface area contributed by atoms with Crippen molar-refractivity contribution >= 4 is 21.5 Å². The van der Waals surface area contributed by atoms with Crippen molar-refractivity contribution < 1.29 is 17.6 Å². The Bertz CT molecular complexity index is 1060. The summed E-state index contributed by atoms with van der Waals surface area (Å²) in [5.41, 5.74) is 0.989. The monoisotopic (exact) mass is 369 g/mol. The summed E-state index contributed by atoms with van der Waals surface area (Å²) >= 11 is 0. The molecule has 3 aromatic rings. The average Bonchev–Trinajstić information content (AvgIpc) is 2.62. The van der Waals surface area contributed by atoms with Crippen molar-refractivity contribution in [3.63, 3.8) is 0 Å². The van der Waals surface area contributed by atoms with E-state index in [4.69, 9.17) is 0 Å². The second-order valence-corrected chi connectivity index (χ2v) is 7.46. The van der Waals surface area contributed by atoms with Crippen molar-refractivity contribution in [3.05, 3.63) is 95.3 Å². The first-order valence-electron chi connectivity index (χ1n) is 7.86. The Balaban J connectivity index is 1.99. The van der Waals surface area contributed by atoms with Gasteiger partial charge in [-0.3, -0.25) is 9.52 Å². The molecule has 4 nitrogen and oxygen atoms in total. The molecule has 0 aromatic heterocycles. The smallest absolute Gasteiger partial charge is 0.261 e. The highest BCUT2D eigenvalue weighted by molar-refractivity contribution is 7.92. The summed E-state index contributed by atoms with van der Waals surface area (Å²) in [7, 11) is -3.87. The van der Waals surface area contributed by atoms with Gasteiger partial charge in [0, 0.05) is 5.56 Å². The SMILES string of the molecule is Cc1ccc(S(=O)(=O)Nc2ccccc2C(=O)c2ccccc2F)cc1. The fraction of sp³-hybridized carbons (Fsp3) is 0.0500. The quantitative estimate of drug-likeness (QED) is 0.687. The number of rotatable bonds is 5. The van der Waals surface area contributed by atoms with Gasteiger partial charge in [0.25, 0.3) is 10.0 Å². The topological polar surface area (TPSA) is 63.2 Å². The van der Waals surface area contributed by atoms with E-state index in [2.05, 4.69) is 4.72 Å². The third-order valence-electron chi connectivity index (χ3n) is 3.87. The molecule has 0 saturated carbocycles. The van der Waals surface area contributed by atoms with E-state index in [1.807, 2.05) is 6.92 Å². The van der Waals surface area contributed by atoms with E-state index in [1.54, 1.807) is 30.3 Å². The summed E-state index contributed by atoms with van der Waals surface area (Å²) in [6.45, 7) is 1.85. The Labute approximate surface area is 151 Å². The zero-order valence-electron chi connectivity index (χ0n) is 13.9. The maximum Gasteiger partial charge on any atom is 0.261 e. The summed E-state index contributed by atoms with van der Waals surface area (Å²) in [4.78, 5) is 12.8. The normalized spacial score (nSPS) is 11.2. The number of halogens is 1. The van der Waals surface area contributed by atoms with Gasteiger partial charge in [0.1, 0.15) is 5.82 Å². The average molecular weight is 369 g/mol. The van der Waals surface area contributed by atoms with Crippen molar-refractivity contribution in [2.24, 2.45) is 0 Å². The lowest BCUT2D eigenvalue weighted by Crippen LogP contribution is -2.16. The van der Waals surface area contributed by atoms with Gasteiger partial charge in [-0.25, -0.2) is 12.8 Å². The Kier molecular flexibility index (Phi) is 4.86. The van der Waals surface area contributed by atoms with Gasteiger partial charge in [-0.1, -0.05) is 42.0 Å². The van der Waals surface area contributed by atoms with Crippen LogP contribution in [-0.4, -0.2) is 14.2 Å². The summed E-state index contributed by atoms with van der Waals surface area (Å²) < 4.78 is 41.5. The minimum atomic E-state index is -3.87. The van der Waals surface area contributed by atoms with E-state index in [0.717, 1.165) is 5.56 Å². The first-order valence-corrected chi connectivity index (χ1v) is 9.34. The van der Waals surface area contributed by atoms with Crippen molar-refractivity contribution in [1.82, 2.24) is 0 Å². The molecule has 0 aliphatic heterocycles. The van der Waals surface area contributed by atoms with Crippen LogP contribution >= 0.6 is 0 Å². The number of hydrogen-bond acceptors (Lipinski definition) is 3. The van der Waals surface area contributed by atoms with Crippen LogP contribution in [0.15, 0.2) is 77.7 Å². The maximum atomic E-state index is 13.9. The number of para-hydroxylation sites is 1. The van der Waals surface area contributed by atoms with E-state index in [1.165, 1.54) is 42.5 Å². The number of sulfonamides is 1. The summed E-state index contributed by atoms with van der Waals surface area (Å²) in [5.74, 6) is -1.25. The minimum absolute atomic E-state index is 0.0771. The van der Waals surface area contributed by atoms with Gasteiger partial charge in [0.2, 0.25) is 0 Å². The van der Waals surface area contributed by atoms with Crippen molar-refractivity contribution in [3.8, 4) is 0 Å². The molecular weight excluding hydrogens is 353 g/mol. The number of nitrogens with one attached hydrogen (secondary N) is 1. The molecule has 0 aliphatic rings. The second-order valence-electron chi connectivity index (χ2n) is 5.77. The number of hydrogen-bond donors (Lipinski definition) is 1. The molecule has 0 atom stereocenters. The Morgan fingerprint density at radius 2 is 1.42 bits per heavy atom. The van der Waals surface area contributed by atoms with E-state index < -0.39 is 21.6 Å². The fourth-order valence-electron chi connectivity index (χ4n) is 2.48. The molecule has 0 bridgehead atoms. The molecule has 0 radical (unpaired) electrons. The molecule has 6 heteroatoms. The van der Waals surface area contributed by atoms with Gasteiger partial charge in [0.15, 0.2) is 5.78 Å². The molecule has 0 fully saturated rings. The van der Waals surface area contributed by atoms with Gasteiger partial charge < -0.3 is 0 Å².